The van der Waals surface area contributed by atoms with Crippen molar-refractivity contribution in [2.45, 2.75) is 32.0 Å². The normalized spacial score (nSPS) is 19.8. The molecule has 0 N–H and O–H groups in total. The van der Waals surface area contributed by atoms with Gasteiger partial charge in [-0.1, -0.05) is 24.3 Å². The monoisotopic (exact) mass is 419 g/mol. The highest BCUT2D eigenvalue weighted by atomic mass is 16.5. The van der Waals surface area contributed by atoms with Gasteiger partial charge in [0.1, 0.15) is 5.60 Å². The Kier molecular flexibility index (Phi) is 5.28. The molecular weight excluding hydrogens is 390 g/mol. The standard InChI is InChI=1S/C25H29N3O3/c1-18-6-5-7-20(26-18)15-30-12-10-19-11-13-31-25(19)16-28(17-25)24(29)22-14-27(2)23-9-4-3-8-21(22)23/h3-9,14,19H,10-13,15-17H2,1-2H3/t19-/m1/s1. The summed E-state index contributed by atoms with van der Waals surface area (Å²) in [6, 6.07) is 14.1. The lowest BCUT2D eigenvalue weighted by Gasteiger charge is -2.50. The maximum absolute atomic E-state index is 13.2. The smallest absolute Gasteiger partial charge is 0.256 e. The largest absolute Gasteiger partial charge is 0.375 e. The first-order valence-electron chi connectivity index (χ1n) is 11.0. The molecule has 162 valence electrons. The third-order valence-electron chi connectivity index (χ3n) is 6.74. The van der Waals surface area contributed by atoms with E-state index in [4.69, 9.17) is 9.47 Å². The van der Waals surface area contributed by atoms with E-state index in [-0.39, 0.29) is 11.5 Å². The van der Waals surface area contributed by atoms with Crippen molar-refractivity contribution >= 4 is 16.8 Å². The lowest BCUT2D eigenvalue weighted by Crippen LogP contribution is -2.66. The molecule has 6 heteroatoms. The maximum atomic E-state index is 13.2. The third kappa shape index (κ3) is 3.75. The molecule has 0 saturated carbocycles. The highest BCUT2D eigenvalue weighted by Gasteiger charge is 2.54. The molecule has 0 aliphatic carbocycles. The fourth-order valence-corrected chi connectivity index (χ4v) is 5.05. The fourth-order valence-electron chi connectivity index (χ4n) is 5.05. The Morgan fingerprint density at radius 1 is 1.23 bits per heavy atom. The first kappa shape index (κ1) is 20.2. The van der Waals surface area contributed by atoms with Gasteiger partial charge in [0.15, 0.2) is 0 Å². The summed E-state index contributed by atoms with van der Waals surface area (Å²) in [5.74, 6) is 0.521. The minimum atomic E-state index is -0.203. The van der Waals surface area contributed by atoms with Crippen LogP contribution in [0.25, 0.3) is 10.9 Å². The molecule has 1 spiro atoms. The van der Waals surface area contributed by atoms with E-state index in [0.29, 0.717) is 32.2 Å². The molecule has 2 aromatic heterocycles. The van der Waals surface area contributed by atoms with Crippen LogP contribution in [0.4, 0.5) is 0 Å². The molecule has 2 aliphatic rings. The first-order valence-corrected chi connectivity index (χ1v) is 11.0. The van der Waals surface area contributed by atoms with Crippen LogP contribution in [0.5, 0.6) is 0 Å². The summed E-state index contributed by atoms with van der Waals surface area (Å²) >= 11 is 0. The molecule has 5 rings (SSSR count). The lowest BCUT2D eigenvalue weighted by molar-refractivity contribution is -0.120. The van der Waals surface area contributed by atoms with Crippen LogP contribution in [0.2, 0.25) is 0 Å². The number of rotatable bonds is 6. The summed E-state index contributed by atoms with van der Waals surface area (Å²) in [6.45, 7) is 5.31. The number of aromatic nitrogens is 2. The number of hydrogen-bond donors (Lipinski definition) is 0. The molecule has 1 atom stereocenters. The van der Waals surface area contributed by atoms with Crippen LogP contribution in [0.15, 0.2) is 48.7 Å². The van der Waals surface area contributed by atoms with Gasteiger partial charge in [0.2, 0.25) is 0 Å². The summed E-state index contributed by atoms with van der Waals surface area (Å²) in [7, 11) is 1.99. The summed E-state index contributed by atoms with van der Waals surface area (Å²) in [5, 5.41) is 1.01. The van der Waals surface area contributed by atoms with Gasteiger partial charge in [-0.05, 0) is 43.9 Å². The Hall–Kier alpha value is -2.70. The molecule has 0 bridgehead atoms. The summed E-state index contributed by atoms with van der Waals surface area (Å²) < 4.78 is 14.1. The molecule has 2 saturated heterocycles. The van der Waals surface area contributed by atoms with E-state index in [1.165, 1.54) is 0 Å². The Labute approximate surface area is 182 Å². The Balaban J connectivity index is 1.17. The van der Waals surface area contributed by atoms with Gasteiger partial charge in [-0.25, -0.2) is 0 Å². The molecular formula is C25H29N3O3. The number of carbonyl (C=O) groups is 1. The van der Waals surface area contributed by atoms with Crippen LogP contribution in [0.1, 0.15) is 34.6 Å². The molecule has 31 heavy (non-hydrogen) atoms. The number of benzene rings is 1. The van der Waals surface area contributed by atoms with Crippen LogP contribution >= 0.6 is 0 Å². The number of pyridine rings is 1. The molecule has 1 aromatic carbocycles. The van der Waals surface area contributed by atoms with Gasteiger partial charge in [-0.3, -0.25) is 9.78 Å². The Morgan fingerprint density at radius 3 is 2.90 bits per heavy atom. The number of para-hydroxylation sites is 1. The molecule has 0 unspecified atom stereocenters. The van der Waals surface area contributed by atoms with Crippen molar-refractivity contribution in [3.8, 4) is 0 Å². The van der Waals surface area contributed by atoms with Crippen molar-refractivity contribution in [3.05, 3.63) is 65.6 Å². The van der Waals surface area contributed by atoms with Crippen molar-refractivity contribution in [1.82, 2.24) is 14.5 Å². The zero-order chi connectivity index (χ0) is 21.4. The van der Waals surface area contributed by atoms with Gasteiger partial charge in [-0.2, -0.15) is 0 Å². The Bertz CT molecular complexity index is 1100. The molecule has 3 aromatic rings. The number of likely N-dealkylation sites (tertiary alicyclic amines) is 1. The third-order valence-corrected chi connectivity index (χ3v) is 6.74. The summed E-state index contributed by atoms with van der Waals surface area (Å²) in [6.07, 6.45) is 3.92. The van der Waals surface area contributed by atoms with Crippen molar-refractivity contribution in [2.75, 3.05) is 26.3 Å². The molecule has 2 fully saturated rings. The van der Waals surface area contributed by atoms with Gasteiger partial charge in [-0.15, -0.1) is 0 Å². The highest BCUT2D eigenvalue weighted by Crippen LogP contribution is 2.42. The average molecular weight is 420 g/mol. The van der Waals surface area contributed by atoms with E-state index in [0.717, 1.165) is 47.3 Å². The van der Waals surface area contributed by atoms with Crippen LogP contribution in [-0.2, 0) is 23.1 Å². The van der Waals surface area contributed by atoms with E-state index in [2.05, 4.69) is 4.98 Å². The second-order valence-electron chi connectivity index (χ2n) is 8.84. The van der Waals surface area contributed by atoms with E-state index in [1.807, 2.05) is 72.1 Å². The highest BCUT2D eigenvalue weighted by molar-refractivity contribution is 6.07. The minimum absolute atomic E-state index is 0.0958. The predicted molar refractivity (Wildman–Crippen MR) is 119 cm³/mol. The van der Waals surface area contributed by atoms with Crippen LogP contribution < -0.4 is 0 Å². The van der Waals surface area contributed by atoms with Crippen molar-refractivity contribution in [3.63, 3.8) is 0 Å². The van der Waals surface area contributed by atoms with E-state index >= 15 is 0 Å². The quantitative estimate of drug-likeness (QED) is 0.572. The topological polar surface area (TPSA) is 56.6 Å². The van der Waals surface area contributed by atoms with Crippen LogP contribution in [0, 0.1) is 12.8 Å². The zero-order valence-electron chi connectivity index (χ0n) is 18.2. The number of fused-ring (bicyclic) bond motifs is 1. The van der Waals surface area contributed by atoms with Gasteiger partial charge in [0.25, 0.3) is 5.91 Å². The van der Waals surface area contributed by atoms with E-state index < -0.39 is 0 Å². The Morgan fingerprint density at radius 2 is 2.06 bits per heavy atom. The van der Waals surface area contributed by atoms with Crippen molar-refractivity contribution in [2.24, 2.45) is 13.0 Å². The molecule has 4 heterocycles. The average Bonchev–Trinajstić information content (AvgIpc) is 3.31. The number of amides is 1. The second-order valence-corrected chi connectivity index (χ2v) is 8.84. The zero-order valence-corrected chi connectivity index (χ0v) is 18.2. The SMILES string of the molecule is Cc1cccc(COCC[C@@H]2CCOC23CN(C(=O)c2cn(C)c4ccccc24)C3)n1. The maximum Gasteiger partial charge on any atom is 0.256 e. The molecule has 0 radical (unpaired) electrons. The van der Waals surface area contributed by atoms with Gasteiger partial charge in [0, 0.05) is 43.1 Å². The molecule has 1 amide bonds. The van der Waals surface area contributed by atoms with Crippen molar-refractivity contribution in [1.29, 1.82) is 0 Å². The molecule has 2 aliphatic heterocycles. The lowest BCUT2D eigenvalue weighted by atomic mass is 9.79. The predicted octanol–water partition coefficient (Wildman–Crippen LogP) is 3.72. The number of hydrogen-bond acceptors (Lipinski definition) is 4. The number of ether oxygens (including phenoxy) is 2. The number of nitrogens with zero attached hydrogens (tertiary/aromatic N) is 3. The minimum Gasteiger partial charge on any atom is -0.375 e. The summed E-state index contributed by atoms with van der Waals surface area (Å²) in [5.41, 5.74) is 3.63. The number of carbonyl (C=O) groups excluding carboxylic acids is 1. The molecule has 6 nitrogen and oxygen atoms in total. The van der Waals surface area contributed by atoms with Gasteiger partial charge >= 0.3 is 0 Å². The van der Waals surface area contributed by atoms with Crippen LogP contribution in [-0.4, -0.2) is 52.3 Å². The van der Waals surface area contributed by atoms with Gasteiger partial charge in [0.05, 0.1) is 31.0 Å². The van der Waals surface area contributed by atoms with Crippen LogP contribution in [0.3, 0.4) is 0 Å². The summed E-state index contributed by atoms with van der Waals surface area (Å²) in [4.78, 5) is 19.6. The second kappa shape index (κ2) is 8.09. The van der Waals surface area contributed by atoms with E-state index in [9.17, 15) is 4.79 Å². The van der Waals surface area contributed by atoms with Gasteiger partial charge < -0.3 is 18.9 Å². The van der Waals surface area contributed by atoms with Crippen molar-refractivity contribution < 1.29 is 14.3 Å². The first-order chi connectivity index (χ1) is 15.1. The number of aryl methyl sites for hydroxylation is 2. The fraction of sp³-hybridized carbons (Fsp3) is 0.440. The van der Waals surface area contributed by atoms with E-state index in [1.54, 1.807) is 0 Å².